The van der Waals surface area contributed by atoms with E-state index in [2.05, 4.69) is 11.1 Å². The summed E-state index contributed by atoms with van der Waals surface area (Å²) < 4.78 is 19.3. The van der Waals surface area contributed by atoms with Gasteiger partial charge in [-0.25, -0.2) is 9.79 Å². The van der Waals surface area contributed by atoms with E-state index in [1.807, 2.05) is 73.7 Å². The molecule has 218 valence electrons. The molecule has 0 aliphatic carbocycles. The summed E-state index contributed by atoms with van der Waals surface area (Å²) in [7, 11) is 0. The zero-order valence-corrected chi connectivity index (χ0v) is 25.2. The minimum absolute atomic E-state index is 0.202. The lowest BCUT2D eigenvalue weighted by Gasteiger charge is -2.25. The van der Waals surface area contributed by atoms with Crippen LogP contribution in [0.25, 0.3) is 6.08 Å². The quantitative estimate of drug-likeness (QED) is 0.252. The first-order chi connectivity index (χ1) is 20.8. The monoisotopic (exact) mass is 593 g/mol. The second kappa shape index (κ2) is 12.9. The molecule has 0 spiro atoms. The van der Waals surface area contributed by atoms with Gasteiger partial charge in [-0.3, -0.25) is 9.36 Å². The molecule has 3 aromatic carbocycles. The van der Waals surface area contributed by atoms with Crippen LogP contribution in [0.2, 0.25) is 0 Å². The van der Waals surface area contributed by atoms with Crippen molar-refractivity contribution in [3.8, 4) is 17.6 Å². The van der Waals surface area contributed by atoms with Crippen LogP contribution >= 0.6 is 11.3 Å². The second-order valence-corrected chi connectivity index (χ2v) is 11.1. The third-order valence-corrected chi connectivity index (χ3v) is 7.80. The molecule has 2 heterocycles. The van der Waals surface area contributed by atoms with Crippen molar-refractivity contribution in [3.05, 3.63) is 126 Å². The maximum atomic E-state index is 14.0. The number of para-hydroxylation sites is 1. The molecule has 0 unspecified atom stereocenters. The van der Waals surface area contributed by atoms with Gasteiger partial charge in [-0.15, -0.1) is 0 Å². The predicted octanol–water partition coefficient (Wildman–Crippen LogP) is 5.04. The Morgan fingerprint density at radius 2 is 1.79 bits per heavy atom. The molecule has 43 heavy (non-hydrogen) atoms. The number of esters is 1. The standard InChI is InChI=1S/C34H31N3O5S/c1-5-40-27-16-14-23(15-17-27)31-30(33(39)42-21(2)3)22(4)36-34-37(31)32(38)29(43-34)18-24-10-8-9-13-28(24)41-20-26-12-7-6-11-25(26)19-35/h6-18,21,31H,5,20H2,1-4H3/b29-18+/t31-/m0/s1. The molecule has 0 fully saturated rings. The Labute approximate surface area is 253 Å². The van der Waals surface area contributed by atoms with Crippen LogP contribution in [0.15, 0.2) is 93.9 Å². The van der Waals surface area contributed by atoms with Gasteiger partial charge in [0.05, 0.1) is 46.2 Å². The number of nitrogens with zero attached hydrogens (tertiary/aromatic N) is 3. The molecule has 1 aliphatic rings. The number of hydrogen-bond donors (Lipinski definition) is 0. The number of aromatic nitrogens is 1. The van der Waals surface area contributed by atoms with E-state index in [1.54, 1.807) is 37.5 Å². The van der Waals surface area contributed by atoms with E-state index in [9.17, 15) is 14.9 Å². The van der Waals surface area contributed by atoms with Crippen LogP contribution in [-0.4, -0.2) is 23.2 Å². The Hall–Kier alpha value is -4.94. The Balaban J connectivity index is 1.59. The summed E-state index contributed by atoms with van der Waals surface area (Å²) in [4.78, 5) is 32.6. The molecule has 8 nitrogen and oxygen atoms in total. The SMILES string of the molecule is CCOc1ccc([C@H]2C(C(=O)OC(C)C)=C(C)N=c3s/c(=C/c4ccccc4OCc4ccccc4C#N)c(=O)n32)cc1. The highest BCUT2D eigenvalue weighted by atomic mass is 32.1. The lowest BCUT2D eigenvalue weighted by molar-refractivity contribution is -0.143. The van der Waals surface area contributed by atoms with E-state index in [1.165, 1.54) is 11.3 Å². The highest BCUT2D eigenvalue weighted by Crippen LogP contribution is 2.32. The van der Waals surface area contributed by atoms with E-state index in [4.69, 9.17) is 14.2 Å². The van der Waals surface area contributed by atoms with Crippen LogP contribution in [0, 0.1) is 11.3 Å². The van der Waals surface area contributed by atoms with Gasteiger partial charge in [0.1, 0.15) is 18.1 Å². The van der Waals surface area contributed by atoms with E-state index in [0.717, 1.165) is 11.1 Å². The van der Waals surface area contributed by atoms with Gasteiger partial charge in [0.15, 0.2) is 4.80 Å². The van der Waals surface area contributed by atoms with E-state index in [0.29, 0.717) is 49.8 Å². The summed E-state index contributed by atoms with van der Waals surface area (Å²) in [6.07, 6.45) is 1.44. The maximum absolute atomic E-state index is 14.0. The number of fused-ring (bicyclic) bond motifs is 1. The van der Waals surface area contributed by atoms with Gasteiger partial charge in [-0.05, 0) is 63.6 Å². The Kier molecular flexibility index (Phi) is 8.88. The highest BCUT2D eigenvalue weighted by Gasteiger charge is 2.33. The lowest BCUT2D eigenvalue weighted by atomic mass is 9.96. The number of ether oxygens (including phenoxy) is 3. The zero-order valence-electron chi connectivity index (χ0n) is 24.4. The van der Waals surface area contributed by atoms with Crippen LogP contribution in [0.4, 0.5) is 0 Å². The third kappa shape index (κ3) is 6.30. The van der Waals surface area contributed by atoms with Crippen molar-refractivity contribution in [2.24, 2.45) is 4.99 Å². The maximum Gasteiger partial charge on any atom is 0.338 e. The van der Waals surface area contributed by atoms with Crippen molar-refractivity contribution in [2.45, 2.75) is 46.4 Å². The number of benzene rings is 3. The first kappa shape index (κ1) is 29.5. The number of thiazole rings is 1. The molecule has 0 radical (unpaired) electrons. The molecule has 9 heteroatoms. The normalized spacial score (nSPS) is 14.6. The third-order valence-electron chi connectivity index (χ3n) is 6.82. The van der Waals surface area contributed by atoms with E-state index >= 15 is 0 Å². The molecular weight excluding hydrogens is 562 g/mol. The van der Waals surface area contributed by atoms with Gasteiger partial charge in [0, 0.05) is 11.1 Å². The molecule has 1 atom stereocenters. The smallest absolute Gasteiger partial charge is 0.338 e. The highest BCUT2D eigenvalue weighted by molar-refractivity contribution is 7.07. The van der Waals surface area contributed by atoms with Crippen LogP contribution in [0.5, 0.6) is 11.5 Å². The number of hydrogen-bond acceptors (Lipinski definition) is 8. The van der Waals surface area contributed by atoms with Crippen LogP contribution in [0.1, 0.15) is 56.0 Å². The van der Waals surface area contributed by atoms with Crippen molar-refractivity contribution >= 4 is 23.4 Å². The molecule has 4 aromatic rings. The second-order valence-electron chi connectivity index (χ2n) is 10.1. The summed E-state index contributed by atoms with van der Waals surface area (Å²) >= 11 is 1.25. The van der Waals surface area contributed by atoms with Crippen molar-refractivity contribution in [1.82, 2.24) is 4.57 Å². The fraction of sp³-hybridized carbons (Fsp3) is 0.235. The number of carbonyl (C=O) groups is 1. The zero-order chi connectivity index (χ0) is 30.5. The van der Waals surface area contributed by atoms with Gasteiger partial charge in [0.25, 0.3) is 5.56 Å². The molecule has 0 saturated carbocycles. The number of nitriles is 1. The minimum Gasteiger partial charge on any atom is -0.494 e. The Morgan fingerprint density at radius 3 is 2.51 bits per heavy atom. The summed E-state index contributed by atoms with van der Waals surface area (Å²) in [5.74, 6) is 0.752. The first-order valence-corrected chi connectivity index (χ1v) is 14.8. The fourth-order valence-corrected chi connectivity index (χ4v) is 5.91. The van der Waals surface area contributed by atoms with Crippen LogP contribution < -0.4 is 24.4 Å². The van der Waals surface area contributed by atoms with Gasteiger partial charge >= 0.3 is 5.97 Å². The minimum atomic E-state index is -0.727. The van der Waals surface area contributed by atoms with Crippen molar-refractivity contribution in [1.29, 1.82) is 5.26 Å². The van der Waals surface area contributed by atoms with Crippen LogP contribution in [0.3, 0.4) is 0 Å². The molecule has 1 aliphatic heterocycles. The number of rotatable bonds is 9. The predicted molar refractivity (Wildman–Crippen MR) is 165 cm³/mol. The molecule has 0 bridgehead atoms. The van der Waals surface area contributed by atoms with E-state index in [-0.39, 0.29) is 18.3 Å². The summed E-state index contributed by atoms with van der Waals surface area (Å²) in [6, 6.07) is 23.5. The molecule has 0 amide bonds. The number of allylic oxidation sites excluding steroid dienone is 1. The average Bonchev–Trinajstić information content (AvgIpc) is 3.30. The summed E-state index contributed by atoms with van der Waals surface area (Å²) in [6.45, 7) is 7.97. The van der Waals surface area contributed by atoms with Crippen LogP contribution in [-0.2, 0) is 16.1 Å². The topological polar surface area (TPSA) is 103 Å². The van der Waals surface area contributed by atoms with Crippen molar-refractivity contribution < 1.29 is 19.0 Å². The van der Waals surface area contributed by atoms with Gasteiger partial charge in [-0.1, -0.05) is 59.9 Å². The lowest BCUT2D eigenvalue weighted by Crippen LogP contribution is -2.40. The van der Waals surface area contributed by atoms with Gasteiger partial charge in [-0.2, -0.15) is 5.26 Å². The summed E-state index contributed by atoms with van der Waals surface area (Å²) in [5.41, 5.74) is 3.29. The van der Waals surface area contributed by atoms with Gasteiger partial charge < -0.3 is 14.2 Å². The Morgan fingerprint density at radius 1 is 1.07 bits per heavy atom. The van der Waals surface area contributed by atoms with E-state index < -0.39 is 12.0 Å². The van der Waals surface area contributed by atoms with Gasteiger partial charge in [0.2, 0.25) is 0 Å². The molecule has 0 saturated heterocycles. The average molecular weight is 594 g/mol. The summed E-state index contributed by atoms with van der Waals surface area (Å²) in [5, 5.41) is 9.44. The van der Waals surface area contributed by atoms with Crippen molar-refractivity contribution in [2.75, 3.05) is 6.61 Å². The molecular formula is C34H31N3O5S. The number of carbonyl (C=O) groups excluding carboxylic acids is 1. The Bertz CT molecular complexity index is 1910. The molecule has 1 aromatic heterocycles. The largest absolute Gasteiger partial charge is 0.494 e. The molecule has 5 rings (SSSR count). The molecule has 0 N–H and O–H groups in total. The van der Waals surface area contributed by atoms with Crippen molar-refractivity contribution in [3.63, 3.8) is 0 Å². The first-order valence-electron chi connectivity index (χ1n) is 14.0. The fourth-order valence-electron chi connectivity index (χ4n) is 4.87.